The lowest BCUT2D eigenvalue weighted by atomic mass is 9.86. The predicted octanol–water partition coefficient (Wildman–Crippen LogP) is 5.00. The monoisotopic (exact) mass is 424 g/mol. The fraction of sp³-hybridized carbons (Fsp3) is 0.348. The molecule has 30 heavy (non-hydrogen) atoms. The van der Waals surface area contributed by atoms with Crippen molar-refractivity contribution in [2.24, 2.45) is 0 Å². The number of ether oxygens (including phenoxy) is 1. The first-order valence-electron chi connectivity index (χ1n) is 9.93. The molecule has 3 rings (SSSR count). The van der Waals surface area contributed by atoms with E-state index >= 15 is 0 Å². The van der Waals surface area contributed by atoms with E-state index in [9.17, 15) is 4.79 Å². The van der Waals surface area contributed by atoms with Crippen molar-refractivity contribution < 1.29 is 9.53 Å². The predicted molar refractivity (Wildman–Crippen MR) is 122 cm³/mol. The van der Waals surface area contributed by atoms with Gasteiger partial charge in [0.05, 0.1) is 12.9 Å². The summed E-state index contributed by atoms with van der Waals surface area (Å²) < 4.78 is 7.32. The first kappa shape index (κ1) is 21.9. The molecule has 0 radical (unpaired) electrons. The van der Waals surface area contributed by atoms with Gasteiger partial charge in [-0.15, -0.1) is 10.2 Å². The van der Waals surface area contributed by atoms with Gasteiger partial charge in [0.1, 0.15) is 5.75 Å². The fourth-order valence-corrected chi connectivity index (χ4v) is 4.02. The minimum absolute atomic E-state index is 0.0506. The first-order chi connectivity index (χ1) is 14.3. The van der Waals surface area contributed by atoms with Crippen LogP contribution in [0.1, 0.15) is 33.3 Å². The van der Waals surface area contributed by atoms with Crippen LogP contribution < -0.4 is 10.1 Å². The topological polar surface area (TPSA) is 69.0 Å². The molecule has 0 saturated carbocycles. The van der Waals surface area contributed by atoms with Crippen molar-refractivity contribution in [1.29, 1.82) is 0 Å². The van der Waals surface area contributed by atoms with E-state index in [1.807, 2.05) is 54.0 Å². The molecule has 1 heterocycles. The number of hydrogen-bond donors (Lipinski definition) is 1. The maximum atomic E-state index is 12.6. The molecule has 158 valence electrons. The minimum atomic E-state index is -0.0646. The third-order valence-corrected chi connectivity index (χ3v) is 5.67. The molecule has 2 aromatic carbocycles. The molecule has 1 aromatic heterocycles. The average Bonchev–Trinajstić information content (AvgIpc) is 3.15. The average molecular weight is 425 g/mol. The summed E-state index contributed by atoms with van der Waals surface area (Å²) in [5.74, 6) is 1.72. The molecule has 7 heteroatoms. The Labute approximate surface area is 182 Å². The molecule has 0 unspecified atom stereocenters. The summed E-state index contributed by atoms with van der Waals surface area (Å²) in [6.45, 7) is 9.15. The maximum Gasteiger partial charge on any atom is 0.234 e. The first-order valence-corrected chi connectivity index (χ1v) is 10.9. The van der Waals surface area contributed by atoms with Gasteiger partial charge in [-0.3, -0.25) is 4.79 Å². The van der Waals surface area contributed by atoms with E-state index in [1.54, 1.807) is 7.11 Å². The molecular weight excluding hydrogens is 396 g/mol. The zero-order chi connectivity index (χ0) is 21.7. The number of hydrogen-bond acceptors (Lipinski definition) is 5. The SMILES string of the molecule is CCn1c(SCC(=O)Nc2ccccc2C(C)(C)C)nnc1-c1cccc(OC)c1. The van der Waals surface area contributed by atoms with E-state index in [0.717, 1.165) is 33.5 Å². The summed E-state index contributed by atoms with van der Waals surface area (Å²) >= 11 is 1.38. The third-order valence-electron chi connectivity index (χ3n) is 4.70. The van der Waals surface area contributed by atoms with E-state index in [0.29, 0.717) is 6.54 Å². The lowest BCUT2D eigenvalue weighted by molar-refractivity contribution is -0.113. The van der Waals surface area contributed by atoms with Gasteiger partial charge in [0.25, 0.3) is 0 Å². The summed E-state index contributed by atoms with van der Waals surface area (Å²) in [6, 6.07) is 15.7. The van der Waals surface area contributed by atoms with Gasteiger partial charge in [-0.05, 0) is 36.1 Å². The second-order valence-corrected chi connectivity index (χ2v) is 8.86. The number of methoxy groups -OCH3 is 1. The standard InChI is InChI=1S/C23H28N4O2S/c1-6-27-21(16-10-9-11-17(14-16)29-5)25-26-22(27)30-15-20(28)24-19-13-8-7-12-18(19)23(2,3)4/h7-14H,6,15H2,1-5H3,(H,24,28). The third kappa shape index (κ3) is 5.02. The van der Waals surface area contributed by atoms with Gasteiger partial charge < -0.3 is 14.6 Å². The summed E-state index contributed by atoms with van der Waals surface area (Å²) in [7, 11) is 1.64. The van der Waals surface area contributed by atoms with Crippen molar-refractivity contribution in [2.75, 3.05) is 18.2 Å². The van der Waals surface area contributed by atoms with Gasteiger partial charge in [-0.1, -0.05) is 62.9 Å². The van der Waals surface area contributed by atoms with E-state index < -0.39 is 0 Å². The van der Waals surface area contributed by atoms with Crippen LogP contribution in [0, 0.1) is 0 Å². The van der Waals surface area contributed by atoms with Crippen LogP contribution in [0.5, 0.6) is 5.75 Å². The van der Waals surface area contributed by atoms with Crippen molar-refractivity contribution in [3.8, 4) is 17.1 Å². The summed E-state index contributed by atoms with van der Waals surface area (Å²) in [5, 5.41) is 12.4. The van der Waals surface area contributed by atoms with E-state index in [1.165, 1.54) is 11.8 Å². The van der Waals surface area contributed by atoms with Crippen LogP contribution in [-0.4, -0.2) is 33.5 Å². The molecule has 0 spiro atoms. The summed E-state index contributed by atoms with van der Waals surface area (Å²) in [5.41, 5.74) is 2.84. The van der Waals surface area contributed by atoms with Crippen LogP contribution in [0.3, 0.4) is 0 Å². The molecule has 0 bridgehead atoms. The lowest BCUT2D eigenvalue weighted by Gasteiger charge is -2.22. The number of benzene rings is 2. The van der Waals surface area contributed by atoms with Crippen LogP contribution in [0.25, 0.3) is 11.4 Å². The van der Waals surface area contributed by atoms with Crippen LogP contribution in [-0.2, 0) is 16.8 Å². The Hall–Kier alpha value is -2.80. The van der Waals surface area contributed by atoms with Gasteiger partial charge in [-0.25, -0.2) is 0 Å². The minimum Gasteiger partial charge on any atom is -0.497 e. The molecule has 0 atom stereocenters. The van der Waals surface area contributed by atoms with Crippen molar-refractivity contribution in [3.63, 3.8) is 0 Å². The smallest absolute Gasteiger partial charge is 0.234 e. The van der Waals surface area contributed by atoms with Crippen molar-refractivity contribution in [3.05, 3.63) is 54.1 Å². The molecule has 1 amide bonds. The molecule has 0 aliphatic rings. The quantitative estimate of drug-likeness (QED) is 0.541. The Morgan fingerprint density at radius 2 is 1.90 bits per heavy atom. The molecule has 0 saturated heterocycles. The number of carbonyl (C=O) groups excluding carboxylic acids is 1. The number of thioether (sulfide) groups is 1. The highest BCUT2D eigenvalue weighted by Crippen LogP contribution is 2.30. The number of nitrogens with one attached hydrogen (secondary N) is 1. The van der Waals surface area contributed by atoms with Gasteiger partial charge in [0.2, 0.25) is 5.91 Å². The fourth-order valence-electron chi connectivity index (χ4n) is 3.22. The molecule has 3 aromatic rings. The van der Waals surface area contributed by atoms with Crippen LogP contribution >= 0.6 is 11.8 Å². The molecule has 6 nitrogen and oxygen atoms in total. The number of aromatic nitrogens is 3. The summed E-state index contributed by atoms with van der Waals surface area (Å²) in [4.78, 5) is 12.6. The molecule has 0 aliphatic heterocycles. The number of nitrogens with zero attached hydrogens (tertiary/aromatic N) is 3. The number of para-hydroxylation sites is 1. The highest BCUT2D eigenvalue weighted by Gasteiger charge is 2.19. The normalized spacial score (nSPS) is 11.4. The van der Waals surface area contributed by atoms with Crippen LogP contribution in [0.15, 0.2) is 53.7 Å². The van der Waals surface area contributed by atoms with Gasteiger partial charge in [-0.2, -0.15) is 0 Å². The number of anilines is 1. The van der Waals surface area contributed by atoms with Gasteiger partial charge in [0.15, 0.2) is 11.0 Å². The number of amides is 1. The second-order valence-electron chi connectivity index (χ2n) is 7.91. The molecule has 0 fully saturated rings. The zero-order valence-electron chi connectivity index (χ0n) is 18.1. The molecule has 1 N–H and O–H groups in total. The molecule has 0 aliphatic carbocycles. The Bertz CT molecular complexity index is 1020. The van der Waals surface area contributed by atoms with Crippen LogP contribution in [0.2, 0.25) is 0 Å². The van der Waals surface area contributed by atoms with Crippen LogP contribution in [0.4, 0.5) is 5.69 Å². The lowest BCUT2D eigenvalue weighted by Crippen LogP contribution is -2.20. The number of carbonyl (C=O) groups is 1. The van der Waals surface area contributed by atoms with Gasteiger partial charge >= 0.3 is 0 Å². The zero-order valence-corrected chi connectivity index (χ0v) is 18.9. The molecular formula is C23H28N4O2S. The van der Waals surface area contributed by atoms with Crippen molar-refractivity contribution in [1.82, 2.24) is 14.8 Å². The Balaban J connectivity index is 1.72. The Morgan fingerprint density at radius 1 is 1.13 bits per heavy atom. The summed E-state index contributed by atoms with van der Waals surface area (Å²) in [6.07, 6.45) is 0. The second kappa shape index (κ2) is 9.34. The number of rotatable bonds is 7. The highest BCUT2D eigenvalue weighted by atomic mass is 32.2. The van der Waals surface area contributed by atoms with E-state index in [4.69, 9.17) is 4.74 Å². The van der Waals surface area contributed by atoms with E-state index in [2.05, 4.69) is 42.4 Å². The van der Waals surface area contributed by atoms with Crippen molar-refractivity contribution in [2.45, 2.75) is 44.8 Å². The van der Waals surface area contributed by atoms with Crippen molar-refractivity contribution >= 4 is 23.4 Å². The largest absolute Gasteiger partial charge is 0.497 e. The Morgan fingerprint density at radius 3 is 2.60 bits per heavy atom. The van der Waals surface area contributed by atoms with Gasteiger partial charge in [0, 0.05) is 17.8 Å². The van der Waals surface area contributed by atoms with E-state index in [-0.39, 0.29) is 17.1 Å². The highest BCUT2D eigenvalue weighted by molar-refractivity contribution is 7.99. The maximum absolute atomic E-state index is 12.6. The Kier molecular flexibility index (Phi) is 6.82.